The molecule has 3 N–H and O–H groups in total. The zero-order chi connectivity index (χ0) is 11.3. The number of anilines is 1. The fourth-order valence-corrected chi connectivity index (χ4v) is 1.96. The van der Waals surface area contributed by atoms with Crippen LogP contribution in [0.2, 0.25) is 0 Å². The minimum absolute atomic E-state index is 0.186. The molecule has 0 radical (unpaired) electrons. The van der Waals surface area contributed by atoms with E-state index >= 15 is 0 Å². The van der Waals surface area contributed by atoms with Crippen LogP contribution in [0.15, 0.2) is 18.5 Å². The number of aromatic nitrogens is 2. The predicted octanol–water partition coefficient (Wildman–Crippen LogP) is 1.65. The van der Waals surface area contributed by atoms with Gasteiger partial charge in [-0.1, -0.05) is 0 Å². The van der Waals surface area contributed by atoms with Crippen LogP contribution in [-0.2, 0) is 0 Å². The van der Waals surface area contributed by atoms with E-state index in [0.29, 0.717) is 17.2 Å². The van der Waals surface area contributed by atoms with E-state index in [1.165, 1.54) is 6.07 Å². The topological polar surface area (TPSA) is 81.1 Å². The van der Waals surface area contributed by atoms with E-state index < -0.39 is 5.97 Å². The average molecular weight is 217 g/mol. The number of fused-ring (bicyclic) bond motifs is 1. The zero-order valence-electron chi connectivity index (χ0n) is 8.55. The lowest BCUT2D eigenvalue weighted by Crippen LogP contribution is -2.00. The molecular weight excluding hydrogens is 206 g/mol. The summed E-state index contributed by atoms with van der Waals surface area (Å²) < 4.78 is 2.04. The fraction of sp³-hybridized carbons (Fsp3) is 0.273. The Bertz CT molecular complexity index is 584. The number of hydrogen-bond acceptors (Lipinski definition) is 3. The van der Waals surface area contributed by atoms with Gasteiger partial charge in [0.2, 0.25) is 0 Å². The molecular formula is C11H11N3O2. The molecule has 1 fully saturated rings. The number of carboxylic acids is 1. The minimum atomic E-state index is -0.977. The van der Waals surface area contributed by atoms with Gasteiger partial charge < -0.3 is 15.4 Å². The molecule has 82 valence electrons. The van der Waals surface area contributed by atoms with Crippen molar-refractivity contribution in [2.24, 2.45) is 0 Å². The first kappa shape index (κ1) is 9.21. The Balaban J connectivity index is 2.25. The molecule has 0 atom stereocenters. The Morgan fingerprint density at radius 1 is 1.50 bits per heavy atom. The third kappa shape index (κ3) is 1.25. The number of rotatable bonds is 2. The van der Waals surface area contributed by atoms with E-state index in [2.05, 4.69) is 4.98 Å². The number of nitrogens with two attached hydrogens (primary N) is 1. The van der Waals surface area contributed by atoms with Crippen LogP contribution in [0.25, 0.3) is 11.0 Å². The molecule has 1 aliphatic carbocycles. The van der Waals surface area contributed by atoms with Crippen molar-refractivity contribution in [3.05, 3.63) is 24.0 Å². The summed E-state index contributed by atoms with van der Waals surface area (Å²) in [5, 5.41) is 8.91. The number of aromatic carboxylic acids is 1. The largest absolute Gasteiger partial charge is 0.478 e. The molecule has 0 bridgehead atoms. The van der Waals surface area contributed by atoms with Crippen LogP contribution in [0.1, 0.15) is 29.2 Å². The van der Waals surface area contributed by atoms with Crippen LogP contribution in [0.4, 0.5) is 5.69 Å². The van der Waals surface area contributed by atoms with Gasteiger partial charge in [0.25, 0.3) is 0 Å². The quantitative estimate of drug-likeness (QED) is 0.749. The van der Waals surface area contributed by atoms with Crippen LogP contribution in [0.3, 0.4) is 0 Å². The average Bonchev–Trinajstić information content (AvgIpc) is 2.98. The van der Waals surface area contributed by atoms with Crippen molar-refractivity contribution in [1.29, 1.82) is 0 Å². The van der Waals surface area contributed by atoms with Crippen LogP contribution in [0.5, 0.6) is 0 Å². The molecule has 1 heterocycles. The molecule has 0 unspecified atom stereocenters. The van der Waals surface area contributed by atoms with Gasteiger partial charge in [-0.2, -0.15) is 0 Å². The van der Waals surface area contributed by atoms with E-state index in [4.69, 9.17) is 10.8 Å². The summed E-state index contributed by atoms with van der Waals surface area (Å²) in [6.07, 6.45) is 4.03. The second-order valence-corrected chi connectivity index (χ2v) is 4.12. The third-order valence-electron chi connectivity index (χ3n) is 2.89. The maximum Gasteiger partial charge on any atom is 0.335 e. The SMILES string of the molecule is Nc1cc(C(=O)O)cc2ncn(C3CC3)c12. The Morgan fingerprint density at radius 3 is 2.88 bits per heavy atom. The van der Waals surface area contributed by atoms with E-state index in [9.17, 15) is 4.79 Å². The normalized spacial score (nSPS) is 15.5. The summed E-state index contributed by atoms with van der Waals surface area (Å²) in [6, 6.07) is 3.54. The summed E-state index contributed by atoms with van der Waals surface area (Å²) in [6.45, 7) is 0. The van der Waals surface area contributed by atoms with Gasteiger partial charge in [-0.15, -0.1) is 0 Å². The molecule has 3 rings (SSSR count). The second kappa shape index (κ2) is 2.98. The number of imidazole rings is 1. The molecule has 1 aromatic carbocycles. The first-order valence-corrected chi connectivity index (χ1v) is 5.16. The number of carbonyl (C=O) groups is 1. The zero-order valence-corrected chi connectivity index (χ0v) is 8.55. The van der Waals surface area contributed by atoms with Crippen LogP contribution in [0, 0.1) is 0 Å². The molecule has 0 amide bonds. The Morgan fingerprint density at radius 2 is 2.25 bits per heavy atom. The molecule has 1 saturated carbocycles. The number of nitrogen functional groups attached to an aromatic ring is 1. The molecule has 5 nitrogen and oxygen atoms in total. The maximum atomic E-state index is 10.9. The van der Waals surface area contributed by atoms with Crippen molar-refractivity contribution in [2.75, 3.05) is 5.73 Å². The molecule has 1 aliphatic rings. The summed E-state index contributed by atoms with van der Waals surface area (Å²) in [5.74, 6) is -0.977. The first-order chi connectivity index (χ1) is 7.66. The molecule has 0 spiro atoms. The van der Waals surface area contributed by atoms with Crippen molar-refractivity contribution in [1.82, 2.24) is 9.55 Å². The standard InChI is InChI=1S/C11H11N3O2/c12-8-3-6(11(15)16)4-9-10(8)14(5-13-9)7-1-2-7/h3-5,7H,1-2,12H2,(H,15,16). The summed E-state index contributed by atoms with van der Waals surface area (Å²) >= 11 is 0. The van der Waals surface area contributed by atoms with Gasteiger partial charge in [0.05, 0.1) is 28.6 Å². The Kier molecular flexibility index (Phi) is 1.71. The Labute approximate surface area is 91.5 Å². The maximum absolute atomic E-state index is 10.9. The van der Waals surface area contributed by atoms with Crippen molar-refractivity contribution in [3.63, 3.8) is 0 Å². The number of carboxylic acid groups (broad SMARTS) is 1. The van der Waals surface area contributed by atoms with Gasteiger partial charge in [0.1, 0.15) is 0 Å². The van der Waals surface area contributed by atoms with Crippen LogP contribution >= 0.6 is 0 Å². The third-order valence-corrected chi connectivity index (χ3v) is 2.89. The van der Waals surface area contributed by atoms with Crippen LogP contribution in [-0.4, -0.2) is 20.6 Å². The summed E-state index contributed by atoms with van der Waals surface area (Å²) in [5.41, 5.74) is 8.06. The number of benzene rings is 1. The Hall–Kier alpha value is -2.04. The second-order valence-electron chi connectivity index (χ2n) is 4.12. The van der Waals surface area contributed by atoms with Crippen molar-refractivity contribution in [2.45, 2.75) is 18.9 Å². The highest BCUT2D eigenvalue weighted by atomic mass is 16.4. The van der Waals surface area contributed by atoms with E-state index in [1.807, 2.05) is 4.57 Å². The summed E-state index contributed by atoms with van der Waals surface area (Å²) in [4.78, 5) is 15.1. The highest BCUT2D eigenvalue weighted by molar-refractivity contribution is 5.97. The van der Waals surface area contributed by atoms with Gasteiger partial charge in [0.15, 0.2) is 0 Å². The van der Waals surface area contributed by atoms with Gasteiger partial charge in [-0.3, -0.25) is 0 Å². The molecule has 16 heavy (non-hydrogen) atoms. The van der Waals surface area contributed by atoms with E-state index in [-0.39, 0.29) is 5.56 Å². The van der Waals surface area contributed by atoms with Crippen molar-refractivity contribution < 1.29 is 9.90 Å². The van der Waals surface area contributed by atoms with Crippen molar-refractivity contribution >= 4 is 22.7 Å². The minimum Gasteiger partial charge on any atom is -0.478 e. The lowest BCUT2D eigenvalue weighted by molar-refractivity contribution is 0.0697. The number of hydrogen-bond donors (Lipinski definition) is 2. The van der Waals surface area contributed by atoms with Gasteiger partial charge >= 0.3 is 5.97 Å². The lowest BCUT2D eigenvalue weighted by atomic mass is 10.1. The van der Waals surface area contributed by atoms with Crippen molar-refractivity contribution in [3.8, 4) is 0 Å². The predicted molar refractivity (Wildman–Crippen MR) is 59.4 cm³/mol. The molecule has 0 saturated heterocycles. The fourth-order valence-electron chi connectivity index (χ4n) is 1.96. The highest BCUT2D eigenvalue weighted by Crippen LogP contribution is 2.38. The van der Waals surface area contributed by atoms with Gasteiger partial charge in [-0.25, -0.2) is 9.78 Å². The highest BCUT2D eigenvalue weighted by Gasteiger charge is 2.26. The molecule has 1 aromatic heterocycles. The summed E-state index contributed by atoms with van der Waals surface area (Å²) in [7, 11) is 0. The van der Waals surface area contributed by atoms with E-state index in [0.717, 1.165) is 18.4 Å². The molecule has 0 aliphatic heterocycles. The molecule has 2 aromatic rings. The van der Waals surface area contributed by atoms with Gasteiger partial charge in [-0.05, 0) is 25.0 Å². The lowest BCUT2D eigenvalue weighted by Gasteiger charge is -2.04. The monoisotopic (exact) mass is 217 g/mol. The van der Waals surface area contributed by atoms with Gasteiger partial charge in [0, 0.05) is 6.04 Å². The smallest absolute Gasteiger partial charge is 0.335 e. The van der Waals surface area contributed by atoms with Crippen LogP contribution < -0.4 is 5.73 Å². The molecule has 5 heteroatoms. The first-order valence-electron chi connectivity index (χ1n) is 5.16. The van der Waals surface area contributed by atoms with E-state index in [1.54, 1.807) is 12.4 Å². The number of nitrogens with zero attached hydrogens (tertiary/aromatic N) is 2.